The molecule has 3 heterocycles. The molecule has 13 heteroatoms. The van der Waals surface area contributed by atoms with Crippen molar-refractivity contribution < 1.29 is 77.1 Å². The minimum Gasteiger partial charge on any atom is -1.00 e. The molecule has 669 valence electrons. The topological polar surface area (TPSA) is 177 Å². The predicted octanol–water partition coefficient (Wildman–Crippen LogP) is 28.8. The van der Waals surface area contributed by atoms with Crippen LogP contribution in [-0.4, -0.2) is 56.0 Å². The van der Waals surface area contributed by atoms with Crippen molar-refractivity contribution in [3.8, 4) is 61.8 Å². The molecule has 0 atom stereocenters. The van der Waals surface area contributed by atoms with Crippen molar-refractivity contribution in [2.24, 2.45) is 0 Å². The summed E-state index contributed by atoms with van der Waals surface area (Å²) in [6.45, 7) is 28.4. The van der Waals surface area contributed by atoms with E-state index >= 15 is 0 Å². The standard InChI is InChI=1S/C61H49N3.C27H29NO.C20H15N.C14H8O2.C2H4O2.B.K.H3N.H/c1-60(2,3)42-27-33-54-52(36-42)53-37-43(61(4,5)6)28-34-55(53)63(54)44-31-25-39(26-32-44)59-62-57-50-21-13-11-19-48(50)49-20-12-14-22-51(49)58(57)64(59)45-29-23-38(24-30-45)56-46-17-9-7-15-40(46)35-41-16-8-10-18-47(41)56;1-26(2,3)19-9-13-24-22(15-19)23-16-20(27(4,5)6)10-14-25(23)28(24)21-11-7-18(17-29)8-12-21;21-17-11-9-14(10-12-17)20-18-7-3-1-5-15(18)13-16-6-2-4-8-19(16)20;15-13-11-7-3-1-5-9(11)10-6-2-4-8-12(10)14(13)16;1-2(3)4;;;;/h7-37H,1-6H3;7-17H,1-6H3;1-13H,21H2;1-8H;1H3,(H,3,4);;;1H3;/q;;;;;;+1;;-1. The number of aromatic nitrogens is 4. The first-order valence-electron chi connectivity index (χ1n) is 45.9. The molecule has 1 aliphatic carbocycles. The fraction of sp³-hybridized carbons (Fsp3) is 0.137. The molecule has 19 aromatic carbocycles. The Hall–Kier alpha value is -14.2. The molecule has 0 unspecified atom stereocenters. The van der Waals surface area contributed by atoms with Crippen LogP contribution in [0.25, 0.3) is 181 Å². The molecular weight excluding hydrogens is 1700 g/mol. The van der Waals surface area contributed by atoms with Crippen LogP contribution in [-0.2, 0) is 26.5 Å². The molecule has 0 spiro atoms. The molecule has 0 aliphatic heterocycles. The third-order valence-electron chi connectivity index (χ3n) is 26.2. The molecule has 1 aliphatic rings. The second kappa shape index (κ2) is 38.5. The molecule has 0 amide bonds. The Labute approximate surface area is 845 Å². The number of ketones is 2. The number of aldehydes is 1. The summed E-state index contributed by atoms with van der Waals surface area (Å²) >= 11 is 0. The van der Waals surface area contributed by atoms with Crippen molar-refractivity contribution in [1.29, 1.82) is 0 Å². The van der Waals surface area contributed by atoms with Gasteiger partial charge in [-0.3, -0.25) is 23.7 Å². The summed E-state index contributed by atoms with van der Waals surface area (Å²) in [5.74, 6) is -0.734. The zero-order valence-electron chi connectivity index (χ0n) is 81.1. The minimum absolute atomic E-state index is 0. The predicted molar refractivity (Wildman–Crippen MR) is 574 cm³/mol. The molecule has 137 heavy (non-hydrogen) atoms. The zero-order valence-corrected chi connectivity index (χ0v) is 83.2. The first-order chi connectivity index (χ1) is 64.4. The van der Waals surface area contributed by atoms with E-state index in [0.29, 0.717) is 16.7 Å². The largest absolute Gasteiger partial charge is 1.00 e. The van der Waals surface area contributed by atoms with E-state index in [4.69, 9.17) is 20.6 Å². The second-order valence-corrected chi connectivity index (χ2v) is 39.2. The molecule has 6 N–H and O–H groups in total. The molecular formula is C124H109BKN6O5. The molecule has 0 bridgehead atoms. The monoisotopic (exact) mass is 1810 g/mol. The van der Waals surface area contributed by atoms with Gasteiger partial charge in [-0.2, -0.15) is 0 Å². The van der Waals surface area contributed by atoms with Crippen LogP contribution in [0.1, 0.15) is 145 Å². The van der Waals surface area contributed by atoms with Gasteiger partial charge in [-0.05, 0) is 265 Å². The number of aliphatic carboxylic acids is 1. The summed E-state index contributed by atoms with van der Waals surface area (Å²) < 4.78 is 7.14. The molecule has 23 rings (SSSR count). The molecule has 0 saturated carbocycles. The summed E-state index contributed by atoms with van der Waals surface area (Å²) in [5.41, 5.74) is 31.8. The SMILES string of the molecule is CC(=O)O.CC(C)(C)c1ccc2c(c1)c1cc(C(C)(C)C)ccc1n2-c1ccc(-c2nc3c4ccccc4c4ccccc4c3n2-c2ccc(-c3c4ccccc4cc4ccccc34)cc2)cc1.CC(C)(C)c1ccc2c(c1)c1cc(C(C)(C)C)ccc1n2-c1ccc(C=O)cc1.N.Nc1ccc(-c2c3ccccc3cc3ccccc23)cc1.O=C1C(=O)c2ccccc2-c2ccccc21.[B].[H-].[K+]. The Morgan fingerprint density at radius 3 is 0.927 bits per heavy atom. The molecule has 11 nitrogen and oxygen atoms in total. The van der Waals surface area contributed by atoms with Gasteiger partial charge in [0.05, 0.1) is 33.1 Å². The molecule has 0 fully saturated rings. The van der Waals surface area contributed by atoms with Gasteiger partial charge in [0.2, 0.25) is 11.6 Å². The van der Waals surface area contributed by atoms with Gasteiger partial charge >= 0.3 is 51.4 Å². The number of carbonyl (C=O) groups excluding carboxylic acids is 3. The number of fused-ring (bicyclic) bond motifs is 19. The van der Waals surface area contributed by atoms with Crippen LogP contribution in [0.2, 0.25) is 0 Å². The van der Waals surface area contributed by atoms with Crippen molar-refractivity contribution >= 4 is 157 Å². The number of carboxylic acids is 1. The van der Waals surface area contributed by atoms with Crippen molar-refractivity contribution in [2.75, 3.05) is 5.73 Å². The number of carbonyl (C=O) groups is 4. The summed E-state index contributed by atoms with van der Waals surface area (Å²) in [5, 5.41) is 27.4. The summed E-state index contributed by atoms with van der Waals surface area (Å²) in [4.78, 5) is 49.4. The van der Waals surface area contributed by atoms with Crippen LogP contribution in [0, 0.1) is 0 Å². The van der Waals surface area contributed by atoms with Crippen molar-refractivity contribution in [3.05, 3.63) is 415 Å². The number of nitrogen functional groups attached to an aromatic ring is 1. The number of carboxylic acid groups (broad SMARTS) is 1. The normalized spacial score (nSPS) is 11.9. The zero-order chi connectivity index (χ0) is 93.4. The van der Waals surface area contributed by atoms with Gasteiger partial charge < -0.3 is 27.6 Å². The maximum absolute atomic E-state index is 11.8. The quantitative estimate of drug-likeness (QED) is 0.0352. The first kappa shape index (κ1) is 95.9. The first-order valence-corrected chi connectivity index (χ1v) is 45.9. The molecule has 3 aromatic heterocycles. The number of hydrogen-bond donors (Lipinski definition) is 3. The van der Waals surface area contributed by atoms with E-state index in [1.54, 1.807) is 24.3 Å². The van der Waals surface area contributed by atoms with Gasteiger partial charge in [0.25, 0.3) is 5.97 Å². The third-order valence-corrected chi connectivity index (χ3v) is 26.2. The Bertz CT molecular complexity index is 8150. The second-order valence-electron chi connectivity index (χ2n) is 39.2. The average molecular weight is 1810 g/mol. The van der Waals surface area contributed by atoms with E-state index < -0.39 is 17.5 Å². The van der Waals surface area contributed by atoms with Gasteiger partial charge in [0.1, 0.15) is 12.1 Å². The molecule has 22 aromatic rings. The number of benzene rings is 19. The number of imidazole rings is 1. The van der Waals surface area contributed by atoms with Crippen LogP contribution in [0.5, 0.6) is 0 Å². The fourth-order valence-corrected chi connectivity index (χ4v) is 19.2. The van der Waals surface area contributed by atoms with E-state index in [1.807, 2.05) is 60.7 Å². The summed E-state index contributed by atoms with van der Waals surface area (Å²) in [6, 6.07) is 133. The van der Waals surface area contributed by atoms with E-state index in [1.165, 1.54) is 147 Å². The number of Topliss-reactive ketones (excluding diaryl/α,β-unsaturated/α-hetero) is 2. The van der Waals surface area contributed by atoms with Gasteiger partial charge in [-0.15, -0.1) is 0 Å². The minimum atomic E-state index is -0.833. The van der Waals surface area contributed by atoms with Gasteiger partial charge in [0, 0.05) is 92.7 Å². The van der Waals surface area contributed by atoms with Crippen molar-refractivity contribution in [2.45, 2.75) is 112 Å². The number of anilines is 1. The summed E-state index contributed by atoms with van der Waals surface area (Å²) in [7, 11) is 0. The average Bonchev–Trinajstić information content (AvgIpc) is 1.57. The molecule has 0 saturated heterocycles. The number of rotatable bonds is 7. The Kier molecular flexibility index (Phi) is 26.9. The number of nitrogens with zero attached hydrogens (tertiary/aromatic N) is 4. The van der Waals surface area contributed by atoms with E-state index in [9.17, 15) is 14.4 Å². The molecule has 3 radical (unpaired) electrons. The van der Waals surface area contributed by atoms with Gasteiger partial charge in [-0.25, -0.2) is 4.98 Å². The third kappa shape index (κ3) is 18.4. The maximum Gasteiger partial charge on any atom is 1.00 e. The smallest absolute Gasteiger partial charge is 1.00 e. The van der Waals surface area contributed by atoms with E-state index in [-0.39, 0.29) is 89.0 Å². The van der Waals surface area contributed by atoms with Gasteiger partial charge in [-0.1, -0.05) is 326 Å². The van der Waals surface area contributed by atoms with Crippen LogP contribution >= 0.6 is 0 Å². The van der Waals surface area contributed by atoms with Crippen LogP contribution < -0.4 is 63.3 Å². The number of hydrogen-bond acceptors (Lipinski definition) is 7. The van der Waals surface area contributed by atoms with Crippen molar-refractivity contribution in [1.82, 2.24) is 24.8 Å². The Morgan fingerprint density at radius 1 is 0.321 bits per heavy atom. The van der Waals surface area contributed by atoms with E-state index in [2.05, 4.69) is 388 Å². The Balaban J connectivity index is 0.000000160. The number of nitrogens with two attached hydrogens (primary N) is 1. The summed E-state index contributed by atoms with van der Waals surface area (Å²) in [6.07, 6.45) is 0.890. The fourth-order valence-electron chi connectivity index (χ4n) is 19.2. The van der Waals surface area contributed by atoms with Crippen LogP contribution in [0.3, 0.4) is 0 Å². The van der Waals surface area contributed by atoms with E-state index in [0.717, 1.165) is 74.9 Å². The Morgan fingerprint density at radius 2 is 0.591 bits per heavy atom. The van der Waals surface area contributed by atoms with Crippen LogP contribution in [0.15, 0.2) is 376 Å². The van der Waals surface area contributed by atoms with Gasteiger partial charge in [0.15, 0.2) is 0 Å². The van der Waals surface area contributed by atoms with Crippen molar-refractivity contribution in [3.63, 3.8) is 0 Å². The van der Waals surface area contributed by atoms with Crippen LogP contribution in [0.4, 0.5) is 5.69 Å². The maximum atomic E-state index is 11.8.